The van der Waals surface area contributed by atoms with E-state index < -0.39 is 5.97 Å². The van der Waals surface area contributed by atoms with E-state index in [-0.39, 0.29) is 12.2 Å². The van der Waals surface area contributed by atoms with Crippen molar-refractivity contribution in [2.45, 2.75) is 13.3 Å². The van der Waals surface area contributed by atoms with Crippen molar-refractivity contribution in [1.29, 1.82) is 0 Å². The van der Waals surface area contributed by atoms with Gasteiger partial charge in [0.15, 0.2) is 5.78 Å². The van der Waals surface area contributed by atoms with E-state index in [1.165, 1.54) is 20.1 Å². The predicted molar refractivity (Wildman–Crippen MR) is 51.7 cm³/mol. The van der Waals surface area contributed by atoms with Crippen LogP contribution in [0.2, 0.25) is 0 Å². The normalized spacial score (nSPS) is 9.73. The monoisotopic (exact) mass is 207 g/mol. The molecule has 80 valence electrons. The molecule has 0 aromatic heterocycles. The van der Waals surface area contributed by atoms with Crippen LogP contribution in [0.25, 0.3) is 0 Å². The average Bonchev–Trinajstić information content (AvgIpc) is 2.16. The summed E-state index contributed by atoms with van der Waals surface area (Å²) >= 11 is 0. The second-order valence-electron chi connectivity index (χ2n) is 3.14. The van der Waals surface area contributed by atoms with Crippen LogP contribution in [0.15, 0.2) is 18.2 Å². The standard InChI is InChI=1S/C11H12O4/c1-7(12)9-4-3-8(6-11(13)14)5-10(9)15-2/h3-5H,6H2,1-2H3,(H,13,14)/p-1. The van der Waals surface area contributed by atoms with Crippen molar-refractivity contribution in [3.05, 3.63) is 29.3 Å². The summed E-state index contributed by atoms with van der Waals surface area (Å²) in [5.41, 5.74) is 0.997. The highest BCUT2D eigenvalue weighted by atomic mass is 16.5. The molecule has 0 aliphatic heterocycles. The number of benzene rings is 1. The molecule has 1 rings (SSSR count). The molecule has 0 radical (unpaired) electrons. The van der Waals surface area contributed by atoms with Crippen LogP contribution >= 0.6 is 0 Å². The fourth-order valence-electron chi connectivity index (χ4n) is 1.30. The summed E-state index contributed by atoms with van der Waals surface area (Å²) in [7, 11) is 1.44. The quantitative estimate of drug-likeness (QED) is 0.661. The number of carbonyl (C=O) groups is 2. The first-order valence-corrected chi connectivity index (χ1v) is 4.42. The van der Waals surface area contributed by atoms with Gasteiger partial charge in [0.2, 0.25) is 0 Å². The summed E-state index contributed by atoms with van der Waals surface area (Å²) < 4.78 is 4.99. The van der Waals surface area contributed by atoms with E-state index in [9.17, 15) is 14.7 Å². The highest BCUT2D eigenvalue weighted by molar-refractivity contribution is 5.97. The molecule has 0 atom stereocenters. The van der Waals surface area contributed by atoms with E-state index in [0.717, 1.165) is 0 Å². The highest BCUT2D eigenvalue weighted by Crippen LogP contribution is 2.20. The van der Waals surface area contributed by atoms with Gasteiger partial charge in [-0.1, -0.05) is 6.07 Å². The van der Waals surface area contributed by atoms with Gasteiger partial charge in [-0.05, 0) is 24.6 Å². The third kappa shape index (κ3) is 2.80. The first-order chi connectivity index (χ1) is 7.04. The van der Waals surface area contributed by atoms with Crippen LogP contribution < -0.4 is 9.84 Å². The van der Waals surface area contributed by atoms with Gasteiger partial charge in [-0.2, -0.15) is 0 Å². The lowest BCUT2D eigenvalue weighted by atomic mass is 10.1. The molecule has 0 aliphatic rings. The first-order valence-electron chi connectivity index (χ1n) is 4.42. The minimum atomic E-state index is -1.16. The number of methoxy groups -OCH3 is 1. The molecule has 0 aliphatic carbocycles. The van der Waals surface area contributed by atoms with Crippen molar-refractivity contribution >= 4 is 11.8 Å². The van der Waals surface area contributed by atoms with Gasteiger partial charge in [0.1, 0.15) is 5.75 Å². The Hall–Kier alpha value is -1.84. The lowest BCUT2D eigenvalue weighted by Crippen LogP contribution is -2.24. The van der Waals surface area contributed by atoms with Crippen LogP contribution in [0.1, 0.15) is 22.8 Å². The molecule has 1 aromatic carbocycles. The highest BCUT2D eigenvalue weighted by Gasteiger charge is 2.08. The van der Waals surface area contributed by atoms with Gasteiger partial charge in [0.25, 0.3) is 0 Å². The molecule has 0 saturated carbocycles. The smallest absolute Gasteiger partial charge is 0.163 e. The van der Waals surface area contributed by atoms with Crippen molar-refractivity contribution in [3.63, 3.8) is 0 Å². The van der Waals surface area contributed by atoms with Crippen LogP contribution in [0.4, 0.5) is 0 Å². The number of carboxylic acids is 1. The Kier molecular flexibility index (Phi) is 3.44. The molecule has 4 heteroatoms. The fraction of sp³-hybridized carbons (Fsp3) is 0.273. The molecule has 0 heterocycles. The number of aliphatic carboxylic acids is 1. The van der Waals surface area contributed by atoms with Gasteiger partial charge in [0.05, 0.1) is 12.7 Å². The van der Waals surface area contributed by atoms with E-state index in [2.05, 4.69) is 0 Å². The minimum absolute atomic E-state index is 0.119. The second-order valence-corrected chi connectivity index (χ2v) is 3.14. The number of hydrogen-bond donors (Lipinski definition) is 0. The van der Waals surface area contributed by atoms with Crippen molar-refractivity contribution < 1.29 is 19.4 Å². The van der Waals surface area contributed by atoms with E-state index in [1.807, 2.05) is 0 Å². The van der Waals surface area contributed by atoms with Crippen molar-refractivity contribution in [1.82, 2.24) is 0 Å². The molecular weight excluding hydrogens is 196 g/mol. The Morgan fingerprint density at radius 3 is 2.53 bits per heavy atom. The third-order valence-corrected chi connectivity index (χ3v) is 1.99. The number of rotatable bonds is 4. The van der Waals surface area contributed by atoms with Crippen molar-refractivity contribution in [3.8, 4) is 5.75 Å². The van der Waals surface area contributed by atoms with Crippen LogP contribution in [-0.2, 0) is 11.2 Å². The van der Waals surface area contributed by atoms with Crippen LogP contribution in [0, 0.1) is 0 Å². The predicted octanol–water partition coefficient (Wildman–Crippen LogP) is 0.190. The summed E-state index contributed by atoms with van der Waals surface area (Å²) in [5.74, 6) is -0.888. The maximum absolute atomic E-state index is 11.1. The van der Waals surface area contributed by atoms with Crippen molar-refractivity contribution in [2.75, 3.05) is 7.11 Å². The molecular formula is C11H11O4-. The Bertz CT molecular complexity index is 396. The third-order valence-electron chi connectivity index (χ3n) is 1.99. The zero-order chi connectivity index (χ0) is 11.4. The number of hydrogen-bond acceptors (Lipinski definition) is 4. The number of ether oxygens (including phenoxy) is 1. The molecule has 0 unspecified atom stereocenters. The van der Waals surface area contributed by atoms with E-state index in [1.54, 1.807) is 12.1 Å². The molecule has 4 nitrogen and oxygen atoms in total. The molecule has 0 saturated heterocycles. The minimum Gasteiger partial charge on any atom is -0.550 e. The van der Waals surface area contributed by atoms with E-state index >= 15 is 0 Å². The average molecular weight is 207 g/mol. The number of ketones is 1. The van der Waals surface area contributed by atoms with Gasteiger partial charge in [0, 0.05) is 12.4 Å². The van der Waals surface area contributed by atoms with Gasteiger partial charge in [-0.25, -0.2) is 0 Å². The van der Waals surface area contributed by atoms with E-state index in [4.69, 9.17) is 4.74 Å². The van der Waals surface area contributed by atoms with Gasteiger partial charge in [-0.15, -0.1) is 0 Å². The molecule has 0 bridgehead atoms. The topological polar surface area (TPSA) is 66.4 Å². The van der Waals surface area contributed by atoms with Crippen LogP contribution in [0.5, 0.6) is 5.75 Å². The zero-order valence-electron chi connectivity index (χ0n) is 8.57. The van der Waals surface area contributed by atoms with Crippen LogP contribution in [0.3, 0.4) is 0 Å². The zero-order valence-corrected chi connectivity index (χ0v) is 8.57. The molecule has 1 aromatic rings. The molecule has 0 spiro atoms. The largest absolute Gasteiger partial charge is 0.550 e. The first kappa shape index (κ1) is 11.2. The maximum atomic E-state index is 11.1. The molecule has 15 heavy (non-hydrogen) atoms. The molecule has 0 N–H and O–H groups in total. The summed E-state index contributed by atoms with van der Waals surface area (Å²) in [4.78, 5) is 21.5. The van der Waals surface area contributed by atoms with E-state index in [0.29, 0.717) is 16.9 Å². The summed E-state index contributed by atoms with van der Waals surface area (Å²) in [6.07, 6.45) is -0.186. The number of Topliss-reactive ketones (excluding diaryl/α,β-unsaturated/α-hetero) is 1. The summed E-state index contributed by atoms with van der Waals surface area (Å²) in [5, 5.41) is 10.4. The molecule has 0 amide bonds. The Balaban J connectivity index is 3.07. The Labute approximate surface area is 87.5 Å². The molecule has 0 fully saturated rings. The Morgan fingerprint density at radius 2 is 2.07 bits per heavy atom. The lowest BCUT2D eigenvalue weighted by molar-refractivity contribution is -0.304. The SMILES string of the molecule is COc1cc(CC(=O)[O-])ccc1C(C)=O. The van der Waals surface area contributed by atoms with Crippen molar-refractivity contribution in [2.24, 2.45) is 0 Å². The van der Waals surface area contributed by atoms with Gasteiger partial charge < -0.3 is 14.6 Å². The fourth-order valence-corrected chi connectivity index (χ4v) is 1.30. The number of carboxylic acid groups (broad SMARTS) is 1. The Morgan fingerprint density at radius 1 is 1.40 bits per heavy atom. The van der Waals surface area contributed by atoms with Gasteiger partial charge in [-0.3, -0.25) is 4.79 Å². The maximum Gasteiger partial charge on any atom is 0.163 e. The summed E-state index contributed by atoms with van der Waals surface area (Å²) in [6, 6.07) is 4.67. The summed E-state index contributed by atoms with van der Waals surface area (Å²) in [6.45, 7) is 1.43. The lowest BCUT2D eigenvalue weighted by Gasteiger charge is -2.08. The van der Waals surface area contributed by atoms with Gasteiger partial charge >= 0.3 is 0 Å². The van der Waals surface area contributed by atoms with Crippen LogP contribution in [-0.4, -0.2) is 18.9 Å². The second kappa shape index (κ2) is 4.59. The number of carbonyl (C=O) groups excluding carboxylic acids is 2.